The molecule has 1 fully saturated rings. The molecular weight excluding hydrogens is 368 g/mol. The Morgan fingerprint density at radius 1 is 1.19 bits per heavy atom. The molecule has 0 spiro atoms. The number of ether oxygens (including phenoxy) is 1. The molecule has 0 bridgehead atoms. The summed E-state index contributed by atoms with van der Waals surface area (Å²) in [5.74, 6) is 0.441. The van der Waals surface area contributed by atoms with E-state index in [1.807, 2.05) is 41.9 Å². The molecule has 1 aromatic carbocycles. The summed E-state index contributed by atoms with van der Waals surface area (Å²) in [5.41, 5.74) is 0.962. The van der Waals surface area contributed by atoms with Gasteiger partial charge in [-0.2, -0.15) is 0 Å². The van der Waals surface area contributed by atoms with Gasteiger partial charge >= 0.3 is 6.03 Å². The van der Waals surface area contributed by atoms with Gasteiger partial charge in [-0.3, -0.25) is 14.7 Å². The molecule has 0 atom stereocenters. The average Bonchev–Trinajstić information content (AvgIpc) is 3.07. The van der Waals surface area contributed by atoms with E-state index in [1.165, 1.54) is 11.8 Å². The molecule has 144 valence electrons. The van der Waals surface area contributed by atoms with Crippen LogP contribution in [0.15, 0.2) is 35.5 Å². The molecule has 0 aliphatic carbocycles. The Bertz CT molecular complexity index is 776. The number of carbonyl (C=O) groups is 2. The standard InChI is InChI=1S/C17H22N6O3S/c1-22-16(23-7-9-26-10-8-23)20-21-17(22)27-12-14(24)19-15(25)18-11-13-5-3-2-4-6-13/h2-6H,7-12H2,1H3,(H2,18,19,24,25). The van der Waals surface area contributed by atoms with E-state index >= 15 is 0 Å². The van der Waals surface area contributed by atoms with E-state index in [-0.39, 0.29) is 11.7 Å². The highest BCUT2D eigenvalue weighted by Crippen LogP contribution is 2.20. The number of aromatic nitrogens is 3. The normalized spacial score (nSPS) is 14.0. The van der Waals surface area contributed by atoms with Gasteiger partial charge in [0.1, 0.15) is 0 Å². The lowest BCUT2D eigenvalue weighted by Crippen LogP contribution is -2.40. The molecule has 3 amide bonds. The topological polar surface area (TPSA) is 101 Å². The predicted octanol–water partition coefficient (Wildman–Crippen LogP) is 0.770. The van der Waals surface area contributed by atoms with Crippen molar-refractivity contribution in [3.8, 4) is 0 Å². The van der Waals surface area contributed by atoms with Crippen molar-refractivity contribution < 1.29 is 14.3 Å². The number of imide groups is 1. The number of urea groups is 1. The highest BCUT2D eigenvalue weighted by Gasteiger charge is 2.19. The summed E-state index contributed by atoms with van der Waals surface area (Å²) in [6.45, 7) is 3.21. The molecule has 9 nitrogen and oxygen atoms in total. The van der Waals surface area contributed by atoms with Gasteiger partial charge in [-0.25, -0.2) is 4.79 Å². The quantitative estimate of drug-likeness (QED) is 0.703. The molecule has 0 radical (unpaired) electrons. The minimum Gasteiger partial charge on any atom is -0.378 e. The molecule has 1 saturated heterocycles. The van der Waals surface area contributed by atoms with E-state index in [4.69, 9.17) is 4.74 Å². The second-order valence-electron chi connectivity index (χ2n) is 5.95. The second kappa shape index (κ2) is 9.38. The Hall–Kier alpha value is -2.59. The third-order valence-corrected chi connectivity index (χ3v) is 5.01. The van der Waals surface area contributed by atoms with Gasteiger partial charge < -0.3 is 15.0 Å². The van der Waals surface area contributed by atoms with Crippen molar-refractivity contribution >= 4 is 29.6 Å². The largest absolute Gasteiger partial charge is 0.378 e. The number of hydrogen-bond donors (Lipinski definition) is 2. The van der Waals surface area contributed by atoms with E-state index in [0.717, 1.165) is 24.6 Å². The SMILES string of the molecule is Cn1c(SCC(=O)NC(=O)NCc2ccccc2)nnc1N1CCOCC1. The first kappa shape index (κ1) is 19.2. The summed E-state index contributed by atoms with van der Waals surface area (Å²) in [6.07, 6.45) is 0. The first-order chi connectivity index (χ1) is 13.1. The Balaban J connectivity index is 1.43. The van der Waals surface area contributed by atoms with Crippen molar-refractivity contribution in [3.63, 3.8) is 0 Å². The number of hydrogen-bond acceptors (Lipinski definition) is 7. The van der Waals surface area contributed by atoms with Gasteiger partial charge in [-0.15, -0.1) is 10.2 Å². The van der Waals surface area contributed by atoms with Crippen LogP contribution in [0.3, 0.4) is 0 Å². The number of benzene rings is 1. The van der Waals surface area contributed by atoms with Crippen LogP contribution in [0.25, 0.3) is 0 Å². The van der Waals surface area contributed by atoms with Gasteiger partial charge in [0.15, 0.2) is 5.16 Å². The molecule has 2 aromatic rings. The molecule has 27 heavy (non-hydrogen) atoms. The summed E-state index contributed by atoms with van der Waals surface area (Å²) in [5, 5.41) is 13.9. The van der Waals surface area contributed by atoms with Crippen LogP contribution in [0, 0.1) is 0 Å². The molecule has 10 heteroatoms. The molecule has 1 aliphatic heterocycles. The Morgan fingerprint density at radius 3 is 2.67 bits per heavy atom. The number of anilines is 1. The van der Waals surface area contributed by atoms with Gasteiger partial charge in [0.2, 0.25) is 11.9 Å². The zero-order chi connectivity index (χ0) is 19.1. The van der Waals surface area contributed by atoms with Crippen LogP contribution in [-0.2, 0) is 23.1 Å². The molecule has 2 N–H and O–H groups in total. The van der Waals surface area contributed by atoms with E-state index in [1.54, 1.807) is 0 Å². The number of amides is 3. The number of nitrogens with one attached hydrogen (secondary N) is 2. The van der Waals surface area contributed by atoms with Crippen LogP contribution in [0.2, 0.25) is 0 Å². The third kappa shape index (κ3) is 5.44. The van der Waals surface area contributed by atoms with Gasteiger partial charge in [-0.05, 0) is 5.56 Å². The van der Waals surface area contributed by atoms with Crippen LogP contribution in [0.1, 0.15) is 5.56 Å². The van der Waals surface area contributed by atoms with E-state index < -0.39 is 6.03 Å². The van der Waals surface area contributed by atoms with Crippen molar-refractivity contribution in [3.05, 3.63) is 35.9 Å². The summed E-state index contributed by atoms with van der Waals surface area (Å²) in [6, 6.07) is 8.97. The summed E-state index contributed by atoms with van der Waals surface area (Å²) in [7, 11) is 1.86. The minimum atomic E-state index is -0.517. The lowest BCUT2D eigenvalue weighted by molar-refractivity contribution is -0.117. The number of carbonyl (C=O) groups excluding carboxylic acids is 2. The maximum absolute atomic E-state index is 12.0. The summed E-state index contributed by atoms with van der Waals surface area (Å²) < 4.78 is 7.18. The van der Waals surface area contributed by atoms with E-state index in [9.17, 15) is 9.59 Å². The van der Waals surface area contributed by atoms with Crippen molar-refractivity contribution in [2.24, 2.45) is 7.05 Å². The average molecular weight is 390 g/mol. The fourth-order valence-electron chi connectivity index (χ4n) is 2.59. The monoisotopic (exact) mass is 390 g/mol. The highest BCUT2D eigenvalue weighted by atomic mass is 32.2. The van der Waals surface area contributed by atoms with Crippen LogP contribution in [0.5, 0.6) is 0 Å². The molecule has 2 heterocycles. The fraction of sp³-hybridized carbons (Fsp3) is 0.412. The van der Waals surface area contributed by atoms with Crippen LogP contribution in [0.4, 0.5) is 10.7 Å². The summed E-state index contributed by atoms with van der Waals surface area (Å²) >= 11 is 1.24. The molecule has 3 rings (SSSR count). The number of thioether (sulfide) groups is 1. The van der Waals surface area contributed by atoms with Crippen molar-refractivity contribution in [1.82, 2.24) is 25.4 Å². The highest BCUT2D eigenvalue weighted by molar-refractivity contribution is 7.99. The zero-order valence-corrected chi connectivity index (χ0v) is 15.9. The van der Waals surface area contributed by atoms with Gasteiger partial charge in [0.25, 0.3) is 0 Å². The molecule has 1 aliphatic rings. The maximum Gasteiger partial charge on any atom is 0.321 e. The zero-order valence-electron chi connectivity index (χ0n) is 15.1. The lowest BCUT2D eigenvalue weighted by Gasteiger charge is -2.27. The first-order valence-corrected chi connectivity index (χ1v) is 9.58. The van der Waals surface area contributed by atoms with Gasteiger partial charge in [-0.1, -0.05) is 42.1 Å². The number of rotatable bonds is 6. The molecular formula is C17H22N6O3S. The Morgan fingerprint density at radius 2 is 1.93 bits per heavy atom. The maximum atomic E-state index is 12.0. The van der Waals surface area contributed by atoms with Gasteiger partial charge in [0, 0.05) is 26.7 Å². The van der Waals surface area contributed by atoms with Crippen molar-refractivity contribution in [1.29, 1.82) is 0 Å². The van der Waals surface area contributed by atoms with Crippen LogP contribution in [-0.4, -0.2) is 58.8 Å². The summed E-state index contributed by atoms with van der Waals surface area (Å²) in [4.78, 5) is 25.9. The lowest BCUT2D eigenvalue weighted by atomic mass is 10.2. The Labute approximate surface area is 161 Å². The minimum absolute atomic E-state index is 0.0772. The van der Waals surface area contributed by atoms with E-state index in [0.29, 0.717) is 24.9 Å². The number of nitrogens with zero attached hydrogens (tertiary/aromatic N) is 4. The van der Waals surface area contributed by atoms with Crippen molar-refractivity contribution in [2.45, 2.75) is 11.7 Å². The number of morpholine rings is 1. The predicted molar refractivity (Wildman–Crippen MR) is 102 cm³/mol. The molecule has 0 unspecified atom stereocenters. The fourth-order valence-corrected chi connectivity index (χ4v) is 3.29. The molecule has 0 saturated carbocycles. The van der Waals surface area contributed by atoms with Crippen LogP contribution >= 0.6 is 11.8 Å². The molecule has 1 aromatic heterocycles. The third-order valence-electron chi connectivity index (χ3n) is 3.99. The van der Waals surface area contributed by atoms with E-state index in [2.05, 4.69) is 25.7 Å². The Kier molecular flexibility index (Phi) is 6.66. The smallest absolute Gasteiger partial charge is 0.321 e. The first-order valence-electron chi connectivity index (χ1n) is 8.60. The second-order valence-corrected chi connectivity index (χ2v) is 6.89. The van der Waals surface area contributed by atoms with Crippen molar-refractivity contribution in [2.75, 3.05) is 37.0 Å². The van der Waals surface area contributed by atoms with Crippen LogP contribution < -0.4 is 15.5 Å². The van der Waals surface area contributed by atoms with Gasteiger partial charge in [0.05, 0.1) is 19.0 Å².